The first kappa shape index (κ1) is 13.1. The van der Waals surface area contributed by atoms with E-state index in [0.717, 1.165) is 25.9 Å². The van der Waals surface area contributed by atoms with Crippen LogP contribution in [0.3, 0.4) is 0 Å². The lowest BCUT2D eigenvalue weighted by Gasteiger charge is -2.21. The minimum Gasteiger partial charge on any atom is -0.372 e. The molecule has 1 aromatic heterocycles. The van der Waals surface area contributed by atoms with Crippen molar-refractivity contribution in [1.82, 2.24) is 15.1 Å². The van der Waals surface area contributed by atoms with E-state index in [2.05, 4.69) is 31.4 Å². The van der Waals surface area contributed by atoms with Gasteiger partial charge in [0.05, 0.1) is 11.9 Å². The summed E-state index contributed by atoms with van der Waals surface area (Å²) in [4.78, 5) is 25.3. The van der Waals surface area contributed by atoms with E-state index in [0.29, 0.717) is 10.2 Å². The molecule has 1 aliphatic heterocycles. The summed E-state index contributed by atoms with van der Waals surface area (Å²) in [5.74, 6) is 0.0553. The Kier molecular flexibility index (Phi) is 4.00. The van der Waals surface area contributed by atoms with Crippen LogP contribution in [0.1, 0.15) is 19.8 Å². The zero-order valence-electron chi connectivity index (χ0n) is 10.1. The van der Waals surface area contributed by atoms with Gasteiger partial charge in [-0.2, -0.15) is 5.10 Å². The Bertz CT molecular complexity index is 496. The van der Waals surface area contributed by atoms with Gasteiger partial charge in [0.25, 0.3) is 5.56 Å². The van der Waals surface area contributed by atoms with Gasteiger partial charge in [-0.25, -0.2) is 5.10 Å². The molecule has 1 amide bonds. The highest BCUT2D eigenvalue weighted by Gasteiger charge is 2.23. The maximum Gasteiger partial charge on any atom is 0.280 e. The molecular weight excluding hydrogens is 300 g/mol. The van der Waals surface area contributed by atoms with Gasteiger partial charge in [-0.05, 0) is 35.7 Å². The summed E-state index contributed by atoms with van der Waals surface area (Å²) in [6.07, 6.45) is 3.61. The number of rotatable bonds is 3. The SMILES string of the molecule is CC(Nc1cn[nH]c(=O)c1Br)C(=O)N1CCCC1. The fraction of sp³-hybridized carbons (Fsp3) is 0.545. The predicted molar refractivity (Wildman–Crippen MR) is 71.5 cm³/mol. The number of halogens is 1. The highest BCUT2D eigenvalue weighted by Crippen LogP contribution is 2.17. The Labute approximate surface area is 113 Å². The maximum atomic E-state index is 12.1. The van der Waals surface area contributed by atoms with Crippen molar-refractivity contribution >= 4 is 27.5 Å². The number of hydrogen-bond acceptors (Lipinski definition) is 4. The van der Waals surface area contributed by atoms with Crippen molar-refractivity contribution in [2.75, 3.05) is 18.4 Å². The Hall–Kier alpha value is -1.37. The summed E-state index contributed by atoms with van der Waals surface area (Å²) >= 11 is 3.17. The molecule has 2 N–H and O–H groups in total. The highest BCUT2D eigenvalue weighted by atomic mass is 79.9. The third kappa shape index (κ3) is 2.72. The largest absolute Gasteiger partial charge is 0.372 e. The lowest BCUT2D eigenvalue weighted by molar-refractivity contribution is -0.130. The fourth-order valence-electron chi connectivity index (χ4n) is 1.99. The van der Waals surface area contributed by atoms with Crippen LogP contribution < -0.4 is 10.9 Å². The van der Waals surface area contributed by atoms with Gasteiger partial charge in [0.15, 0.2) is 0 Å². The van der Waals surface area contributed by atoms with Crippen LogP contribution in [0.5, 0.6) is 0 Å². The molecule has 18 heavy (non-hydrogen) atoms. The fourth-order valence-corrected chi connectivity index (χ4v) is 2.30. The van der Waals surface area contributed by atoms with Gasteiger partial charge in [0.2, 0.25) is 5.91 Å². The first-order chi connectivity index (χ1) is 8.59. The molecule has 0 bridgehead atoms. The van der Waals surface area contributed by atoms with E-state index in [4.69, 9.17) is 0 Å². The molecule has 0 radical (unpaired) electrons. The number of aromatic nitrogens is 2. The van der Waals surface area contributed by atoms with Crippen LogP contribution in [0, 0.1) is 0 Å². The van der Waals surface area contributed by atoms with E-state index in [1.54, 1.807) is 6.92 Å². The number of amides is 1. The number of H-pyrrole nitrogens is 1. The van der Waals surface area contributed by atoms with Crippen molar-refractivity contribution in [2.24, 2.45) is 0 Å². The molecule has 0 spiro atoms. The van der Waals surface area contributed by atoms with E-state index < -0.39 is 0 Å². The summed E-state index contributed by atoms with van der Waals surface area (Å²) in [6, 6.07) is -0.372. The lowest BCUT2D eigenvalue weighted by Crippen LogP contribution is -2.39. The Morgan fingerprint density at radius 1 is 1.56 bits per heavy atom. The number of hydrogen-bond donors (Lipinski definition) is 2. The van der Waals surface area contributed by atoms with Crippen molar-refractivity contribution in [1.29, 1.82) is 0 Å². The van der Waals surface area contributed by atoms with Crippen molar-refractivity contribution in [3.8, 4) is 0 Å². The summed E-state index contributed by atoms with van der Waals surface area (Å²) < 4.78 is 0.360. The molecule has 2 rings (SSSR count). The molecule has 1 atom stereocenters. The van der Waals surface area contributed by atoms with Crippen LogP contribution in [0.4, 0.5) is 5.69 Å². The van der Waals surface area contributed by atoms with Crippen LogP contribution in [-0.2, 0) is 4.79 Å². The summed E-state index contributed by atoms with van der Waals surface area (Å²) in [5, 5.41) is 9.02. The molecule has 0 saturated carbocycles. The maximum absolute atomic E-state index is 12.1. The number of anilines is 1. The van der Waals surface area contributed by atoms with Crippen LogP contribution in [0.2, 0.25) is 0 Å². The molecule has 1 aliphatic rings. The highest BCUT2D eigenvalue weighted by molar-refractivity contribution is 9.10. The number of carbonyl (C=O) groups is 1. The van der Waals surface area contributed by atoms with E-state index in [-0.39, 0.29) is 17.5 Å². The van der Waals surface area contributed by atoms with Gasteiger partial charge in [-0.1, -0.05) is 0 Å². The van der Waals surface area contributed by atoms with Crippen LogP contribution in [0.15, 0.2) is 15.5 Å². The average molecular weight is 315 g/mol. The summed E-state index contributed by atoms with van der Waals surface area (Å²) in [7, 11) is 0. The topological polar surface area (TPSA) is 78.1 Å². The normalized spacial score (nSPS) is 16.7. The Morgan fingerprint density at radius 3 is 2.89 bits per heavy atom. The minimum atomic E-state index is -0.372. The molecule has 1 unspecified atom stereocenters. The van der Waals surface area contributed by atoms with Gasteiger partial charge in [-0.3, -0.25) is 9.59 Å². The quantitative estimate of drug-likeness (QED) is 0.871. The standard InChI is InChI=1S/C11H15BrN4O2/c1-7(11(18)16-4-2-3-5-16)14-8-6-13-15-10(17)9(8)12/h6-7H,2-5H2,1H3,(H2,14,15,17). The zero-order chi connectivity index (χ0) is 13.1. The molecule has 7 heteroatoms. The second kappa shape index (κ2) is 5.51. The van der Waals surface area contributed by atoms with Crippen LogP contribution in [0.25, 0.3) is 0 Å². The van der Waals surface area contributed by atoms with E-state index in [1.807, 2.05) is 4.90 Å². The Balaban J connectivity index is 2.06. The van der Waals surface area contributed by atoms with E-state index >= 15 is 0 Å². The molecule has 0 aliphatic carbocycles. The van der Waals surface area contributed by atoms with Crippen LogP contribution in [-0.4, -0.2) is 40.1 Å². The monoisotopic (exact) mass is 314 g/mol. The van der Waals surface area contributed by atoms with Crippen molar-refractivity contribution in [3.63, 3.8) is 0 Å². The minimum absolute atomic E-state index is 0.0553. The van der Waals surface area contributed by atoms with Crippen molar-refractivity contribution in [3.05, 3.63) is 21.0 Å². The van der Waals surface area contributed by atoms with Gasteiger partial charge < -0.3 is 10.2 Å². The average Bonchev–Trinajstić information content (AvgIpc) is 2.87. The Morgan fingerprint density at radius 2 is 2.22 bits per heavy atom. The number of carbonyl (C=O) groups excluding carboxylic acids is 1. The third-order valence-corrected chi connectivity index (χ3v) is 3.74. The van der Waals surface area contributed by atoms with E-state index in [1.165, 1.54) is 6.20 Å². The molecule has 1 aromatic rings. The van der Waals surface area contributed by atoms with Crippen molar-refractivity contribution in [2.45, 2.75) is 25.8 Å². The number of nitrogens with one attached hydrogen (secondary N) is 2. The molecule has 1 saturated heterocycles. The first-order valence-electron chi connectivity index (χ1n) is 5.88. The smallest absolute Gasteiger partial charge is 0.280 e. The summed E-state index contributed by atoms with van der Waals surface area (Å²) in [6.45, 7) is 3.42. The number of aromatic amines is 1. The predicted octanol–water partition coefficient (Wildman–Crippen LogP) is 0.955. The van der Waals surface area contributed by atoms with Gasteiger partial charge in [0, 0.05) is 13.1 Å². The molecular formula is C11H15BrN4O2. The van der Waals surface area contributed by atoms with Gasteiger partial charge in [-0.15, -0.1) is 0 Å². The van der Waals surface area contributed by atoms with Crippen LogP contribution >= 0.6 is 15.9 Å². The molecule has 2 heterocycles. The second-order valence-corrected chi connectivity index (χ2v) is 5.12. The molecule has 6 nitrogen and oxygen atoms in total. The number of nitrogens with zero attached hydrogens (tertiary/aromatic N) is 2. The molecule has 1 fully saturated rings. The second-order valence-electron chi connectivity index (χ2n) is 4.33. The molecule has 0 aromatic carbocycles. The lowest BCUT2D eigenvalue weighted by atomic mass is 10.2. The zero-order valence-corrected chi connectivity index (χ0v) is 11.7. The summed E-state index contributed by atoms with van der Waals surface area (Å²) in [5.41, 5.74) is 0.208. The molecule has 98 valence electrons. The van der Waals surface area contributed by atoms with Gasteiger partial charge >= 0.3 is 0 Å². The number of likely N-dealkylation sites (tertiary alicyclic amines) is 1. The van der Waals surface area contributed by atoms with Gasteiger partial charge in [0.1, 0.15) is 10.5 Å². The van der Waals surface area contributed by atoms with Crippen molar-refractivity contribution < 1.29 is 4.79 Å². The first-order valence-corrected chi connectivity index (χ1v) is 6.67. The van der Waals surface area contributed by atoms with E-state index in [9.17, 15) is 9.59 Å². The third-order valence-electron chi connectivity index (χ3n) is 2.96.